The fourth-order valence-electron chi connectivity index (χ4n) is 1.65. The smallest absolute Gasteiger partial charge is 0.112 e. The third kappa shape index (κ3) is 0.952. The summed E-state index contributed by atoms with van der Waals surface area (Å²) in [5, 5.41) is 2.24. The van der Waals surface area contributed by atoms with Crippen LogP contribution in [0, 0.1) is 0 Å². The van der Waals surface area contributed by atoms with E-state index in [4.69, 9.17) is 0 Å². The number of benzene rings is 1. The third-order valence-corrected chi connectivity index (χ3v) is 2.31. The van der Waals surface area contributed by atoms with Gasteiger partial charge < -0.3 is 0 Å². The van der Waals surface area contributed by atoms with Crippen molar-refractivity contribution in [3.63, 3.8) is 0 Å². The number of nitrogens with zero attached hydrogens (tertiary/aromatic N) is 2. The van der Waals surface area contributed by atoms with Gasteiger partial charge in [-0.05, 0) is 18.2 Å². The highest BCUT2D eigenvalue weighted by Gasteiger charge is 2.15. The largest absolute Gasteiger partial charge is 0.271 e. The van der Waals surface area contributed by atoms with Crippen molar-refractivity contribution in [3.8, 4) is 0 Å². The number of hydrogen-bond acceptors (Lipinski definition) is 2. The van der Waals surface area contributed by atoms with Crippen LogP contribution in [-0.4, -0.2) is 11.8 Å². The van der Waals surface area contributed by atoms with E-state index in [0.717, 1.165) is 11.1 Å². The first-order valence-corrected chi connectivity index (χ1v) is 4.32. The summed E-state index contributed by atoms with van der Waals surface area (Å²) in [7, 11) is 0. The minimum absolute atomic E-state index is 0.162. The van der Waals surface area contributed by atoms with E-state index in [1.54, 1.807) is 0 Å². The van der Waals surface area contributed by atoms with Crippen molar-refractivity contribution >= 4 is 11.8 Å². The van der Waals surface area contributed by atoms with Crippen molar-refractivity contribution in [2.45, 2.75) is 6.04 Å². The Labute approximate surface area is 75.7 Å². The molecule has 1 unspecified atom stereocenters. The first-order valence-electron chi connectivity index (χ1n) is 4.32. The van der Waals surface area contributed by atoms with Gasteiger partial charge in [0.2, 0.25) is 0 Å². The molecule has 3 rings (SSSR count). The van der Waals surface area contributed by atoms with Crippen molar-refractivity contribution in [1.29, 1.82) is 0 Å². The van der Waals surface area contributed by atoms with Gasteiger partial charge in [0.05, 0.1) is 11.1 Å². The molecule has 2 heteroatoms. The van der Waals surface area contributed by atoms with Crippen molar-refractivity contribution < 1.29 is 0 Å². The molecule has 1 atom stereocenters. The summed E-state index contributed by atoms with van der Waals surface area (Å²) in [6.45, 7) is 0. The van der Waals surface area contributed by atoms with Crippen molar-refractivity contribution in [2.75, 3.05) is 0 Å². The molecule has 0 aliphatic carbocycles. The van der Waals surface area contributed by atoms with Gasteiger partial charge >= 0.3 is 0 Å². The van der Waals surface area contributed by atoms with Crippen LogP contribution in [0.4, 0.5) is 0 Å². The average molecular weight is 168 g/mol. The number of aliphatic imine (C=N–C) groups is 1. The van der Waals surface area contributed by atoms with Crippen LogP contribution in [0.3, 0.4) is 0 Å². The first kappa shape index (κ1) is 6.78. The molecule has 0 bridgehead atoms. The topological polar surface area (TPSA) is 24.7 Å². The van der Waals surface area contributed by atoms with Gasteiger partial charge in [-0.15, -0.1) is 0 Å². The van der Waals surface area contributed by atoms with Gasteiger partial charge in [0.15, 0.2) is 0 Å². The molecule has 0 saturated heterocycles. The van der Waals surface area contributed by atoms with Crippen molar-refractivity contribution in [2.24, 2.45) is 9.98 Å². The second-order valence-electron chi connectivity index (χ2n) is 3.17. The summed E-state index contributed by atoms with van der Waals surface area (Å²) in [6, 6.07) is 8.30. The van der Waals surface area contributed by atoms with Crippen LogP contribution < -0.4 is 10.6 Å². The van der Waals surface area contributed by atoms with E-state index >= 15 is 0 Å². The second-order valence-corrected chi connectivity index (χ2v) is 3.17. The quantitative estimate of drug-likeness (QED) is 0.537. The van der Waals surface area contributed by atoms with Gasteiger partial charge in [-0.3, -0.25) is 9.98 Å². The maximum absolute atomic E-state index is 4.56. The molecule has 0 aromatic heterocycles. The Balaban J connectivity index is 2.37. The zero-order valence-electron chi connectivity index (χ0n) is 7.01. The predicted octanol–water partition coefficient (Wildman–Crippen LogP) is 0.437. The minimum atomic E-state index is 0.162. The molecule has 2 aliphatic heterocycles. The van der Waals surface area contributed by atoms with E-state index in [0.29, 0.717) is 0 Å². The van der Waals surface area contributed by atoms with Crippen LogP contribution in [0.15, 0.2) is 46.5 Å². The van der Waals surface area contributed by atoms with E-state index in [9.17, 15) is 0 Å². The molecule has 2 nitrogen and oxygen atoms in total. The van der Waals surface area contributed by atoms with Gasteiger partial charge in [-0.1, -0.05) is 18.2 Å². The van der Waals surface area contributed by atoms with Gasteiger partial charge in [-0.25, -0.2) is 0 Å². The maximum Gasteiger partial charge on any atom is 0.112 e. The van der Waals surface area contributed by atoms with Crippen LogP contribution in [0.25, 0.3) is 6.08 Å². The van der Waals surface area contributed by atoms with Gasteiger partial charge in [-0.2, -0.15) is 0 Å². The molecule has 0 saturated carbocycles. The Morgan fingerprint density at radius 1 is 1.15 bits per heavy atom. The number of hydrogen-bond donors (Lipinski definition) is 0. The molecule has 2 aliphatic rings. The van der Waals surface area contributed by atoms with Crippen LogP contribution >= 0.6 is 0 Å². The average Bonchev–Trinajstić information content (AvgIpc) is 2.61. The minimum Gasteiger partial charge on any atom is -0.271 e. The number of para-hydroxylation sites is 1. The first-order chi connectivity index (χ1) is 6.43. The Morgan fingerprint density at radius 2 is 2.08 bits per heavy atom. The highest BCUT2D eigenvalue weighted by atomic mass is 14.9. The highest BCUT2D eigenvalue weighted by Crippen LogP contribution is 2.07. The lowest BCUT2D eigenvalue weighted by Gasteiger charge is -2.07. The zero-order valence-corrected chi connectivity index (χ0v) is 7.01. The Morgan fingerprint density at radius 3 is 3.08 bits per heavy atom. The third-order valence-electron chi connectivity index (χ3n) is 2.31. The van der Waals surface area contributed by atoms with Crippen molar-refractivity contribution in [3.05, 3.63) is 47.1 Å². The highest BCUT2D eigenvalue weighted by molar-refractivity contribution is 6.16. The molecule has 62 valence electrons. The molecule has 13 heavy (non-hydrogen) atoms. The normalized spacial score (nSPS) is 22.5. The van der Waals surface area contributed by atoms with Gasteiger partial charge in [0.25, 0.3) is 0 Å². The van der Waals surface area contributed by atoms with Crippen LogP contribution in [-0.2, 0) is 0 Å². The Kier molecular flexibility index (Phi) is 1.25. The molecule has 1 aromatic carbocycles. The molecular formula is C11H8N2. The summed E-state index contributed by atoms with van der Waals surface area (Å²) >= 11 is 0. The Bertz CT molecular complexity index is 523. The predicted molar refractivity (Wildman–Crippen MR) is 52.1 cm³/mol. The standard InChI is InChI=1S/C11H8N2/c1-2-4-9-8(3-1)7-11-10(13-9)5-6-12-11/h1-7,10H. The lowest BCUT2D eigenvalue weighted by molar-refractivity contribution is 1.02. The lowest BCUT2D eigenvalue weighted by atomic mass is 10.1. The molecule has 0 amide bonds. The molecule has 0 fully saturated rings. The summed E-state index contributed by atoms with van der Waals surface area (Å²) in [6.07, 6.45) is 5.95. The fourth-order valence-corrected chi connectivity index (χ4v) is 1.65. The van der Waals surface area contributed by atoms with E-state index in [2.05, 4.69) is 22.1 Å². The summed E-state index contributed by atoms with van der Waals surface area (Å²) in [5.41, 5.74) is 1.05. The van der Waals surface area contributed by atoms with E-state index < -0.39 is 0 Å². The molecular weight excluding hydrogens is 160 g/mol. The monoisotopic (exact) mass is 168 g/mol. The Hall–Kier alpha value is -1.70. The van der Waals surface area contributed by atoms with Gasteiger partial charge in [0.1, 0.15) is 6.04 Å². The molecule has 0 radical (unpaired) electrons. The molecule has 1 aromatic rings. The molecule has 0 N–H and O–H groups in total. The van der Waals surface area contributed by atoms with E-state index in [1.807, 2.05) is 30.5 Å². The maximum atomic E-state index is 4.56. The number of rotatable bonds is 0. The van der Waals surface area contributed by atoms with E-state index in [-0.39, 0.29) is 6.04 Å². The number of fused-ring (bicyclic) bond motifs is 2. The van der Waals surface area contributed by atoms with Crippen molar-refractivity contribution in [1.82, 2.24) is 0 Å². The second kappa shape index (κ2) is 2.39. The van der Waals surface area contributed by atoms with Crippen LogP contribution in [0.5, 0.6) is 0 Å². The SMILES string of the molecule is C1=CC2N=c3ccccc3=CC2=N1. The summed E-state index contributed by atoms with van der Waals surface area (Å²) < 4.78 is 0. The van der Waals surface area contributed by atoms with Gasteiger partial charge in [0, 0.05) is 11.4 Å². The summed E-state index contributed by atoms with van der Waals surface area (Å²) in [4.78, 5) is 8.80. The molecule has 2 heterocycles. The molecule has 0 spiro atoms. The zero-order chi connectivity index (χ0) is 8.67. The van der Waals surface area contributed by atoms with Crippen LogP contribution in [0.1, 0.15) is 0 Å². The van der Waals surface area contributed by atoms with E-state index in [1.165, 1.54) is 5.22 Å². The lowest BCUT2D eigenvalue weighted by Crippen LogP contribution is -2.34. The fraction of sp³-hybridized carbons (Fsp3) is 0.0909. The van der Waals surface area contributed by atoms with Crippen LogP contribution in [0.2, 0.25) is 0 Å². The summed E-state index contributed by atoms with van der Waals surface area (Å²) in [5.74, 6) is 0.